The fourth-order valence-corrected chi connectivity index (χ4v) is 1.93. The molecular weight excluding hydrogens is 240 g/mol. The van der Waals surface area contributed by atoms with Crippen LogP contribution in [0.3, 0.4) is 0 Å². The van der Waals surface area contributed by atoms with Crippen molar-refractivity contribution < 1.29 is 14.6 Å². The SMILES string of the molecule is CC(C)Oc1ccc(CCC(=O)O)cc1C(C)(C)C. The Morgan fingerprint density at radius 2 is 1.95 bits per heavy atom. The molecule has 0 atom stereocenters. The van der Waals surface area contributed by atoms with Crippen LogP contribution in [0.5, 0.6) is 5.75 Å². The minimum atomic E-state index is -0.764. The number of benzene rings is 1. The summed E-state index contributed by atoms with van der Waals surface area (Å²) < 4.78 is 5.84. The van der Waals surface area contributed by atoms with Crippen LogP contribution in [0.1, 0.15) is 52.2 Å². The maximum atomic E-state index is 10.6. The first-order valence-electron chi connectivity index (χ1n) is 6.72. The van der Waals surface area contributed by atoms with Gasteiger partial charge in [0.25, 0.3) is 0 Å². The maximum Gasteiger partial charge on any atom is 0.303 e. The first-order valence-corrected chi connectivity index (χ1v) is 6.72. The van der Waals surface area contributed by atoms with E-state index in [4.69, 9.17) is 9.84 Å². The van der Waals surface area contributed by atoms with Crippen molar-refractivity contribution in [1.29, 1.82) is 0 Å². The smallest absolute Gasteiger partial charge is 0.303 e. The van der Waals surface area contributed by atoms with E-state index >= 15 is 0 Å². The minimum Gasteiger partial charge on any atom is -0.491 e. The molecule has 0 aromatic heterocycles. The van der Waals surface area contributed by atoms with Crippen LogP contribution < -0.4 is 4.74 Å². The highest BCUT2D eigenvalue weighted by Crippen LogP contribution is 2.33. The highest BCUT2D eigenvalue weighted by molar-refractivity contribution is 5.67. The van der Waals surface area contributed by atoms with Gasteiger partial charge in [-0.25, -0.2) is 0 Å². The number of rotatable bonds is 5. The van der Waals surface area contributed by atoms with Gasteiger partial charge < -0.3 is 9.84 Å². The standard InChI is InChI=1S/C16H24O3/c1-11(2)19-14-8-6-12(7-9-15(17)18)10-13(14)16(3,4)5/h6,8,10-11H,7,9H2,1-5H3,(H,17,18). The lowest BCUT2D eigenvalue weighted by Crippen LogP contribution is -2.16. The summed E-state index contributed by atoms with van der Waals surface area (Å²) in [6, 6.07) is 5.98. The van der Waals surface area contributed by atoms with Crippen molar-refractivity contribution in [3.8, 4) is 5.75 Å². The summed E-state index contributed by atoms with van der Waals surface area (Å²) in [6.45, 7) is 10.4. The molecule has 106 valence electrons. The van der Waals surface area contributed by atoms with Crippen molar-refractivity contribution in [2.24, 2.45) is 0 Å². The lowest BCUT2D eigenvalue weighted by molar-refractivity contribution is -0.136. The van der Waals surface area contributed by atoms with E-state index in [9.17, 15) is 4.79 Å². The second kappa shape index (κ2) is 6.09. The molecule has 0 aliphatic carbocycles. The summed E-state index contributed by atoms with van der Waals surface area (Å²) in [5.41, 5.74) is 2.15. The van der Waals surface area contributed by atoms with Crippen molar-refractivity contribution in [2.75, 3.05) is 0 Å². The molecule has 1 aromatic rings. The molecule has 0 radical (unpaired) electrons. The van der Waals surface area contributed by atoms with E-state index in [2.05, 4.69) is 26.8 Å². The Hall–Kier alpha value is -1.51. The lowest BCUT2D eigenvalue weighted by atomic mass is 9.85. The second-order valence-corrected chi connectivity index (χ2v) is 6.14. The van der Waals surface area contributed by atoms with E-state index in [1.165, 1.54) is 0 Å². The number of ether oxygens (including phenoxy) is 1. The van der Waals surface area contributed by atoms with Gasteiger partial charge in [0.05, 0.1) is 6.10 Å². The number of carbonyl (C=O) groups is 1. The minimum absolute atomic E-state index is 0.0243. The summed E-state index contributed by atoms with van der Waals surface area (Å²) in [4.78, 5) is 10.6. The van der Waals surface area contributed by atoms with Crippen molar-refractivity contribution in [2.45, 2.75) is 59.0 Å². The Morgan fingerprint density at radius 3 is 2.42 bits per heavy atom. The van der Waals surface area contributed by atoms with Crippen molar-refractivity contribution >= 4 is 5.97 Å². The van der Waals surface area contributed by atoms with E-state index in [1.807, 2.05) is 26.0 Å². The number of aliphatic carboxylic acids is 1. The zero-order chi connectivity index (χ0) is 14.6. The third-order valence-corrected chi connectivity index (χ3v) is 2.84. The molecule has 1 rings (SSSR count). The molecule has 0 spiro atoms. The van der Waals surface area contributed by atoms with Crippen LogP contribution in [0.15, 0.2) is 18.2 Å². The van der Waals surface area contributed by atoms with Gasteiger partial charge in [0.15, 0.2) is 0 Å². The van der Waals surface area contributed by atoms with Gasteiger partial charge >= 0.3 is 5.97 Å². The molecule has 19 heavy (non-hydrogen) atoms. The molecule has 0 amide bonds. The number of carboxylic acid groups (broad SMARTS) is 1. The van der Waals surface area contributed by atoms with Gasteiger partial charge in [0.1, 0.15) is 5.75 Å². The van der Waals surface area contributed by atoms with Gasteiger partial charge in [0, 0.05) is 6.42 Å². The second-order valence-electron chi connectivity index (χ2n) is 6.14. The molecule has 0 fully saturated rings. The van der Waals surface area contributed by atoms with Crippen LogP contribution >= 0.6 is 0 Å². The van der Waals surface area contributed by atoms with E-state index in [1.54, 1.807) is 0 Å². The Kier molecular flexibility index (Phi) is 4.98. The Balaban J connectivity index is 3.05. The quantitative estimate of drug-likeness (QED) is 0.880. The molecule has 0 saturated heterocycles. The van der Waals surface area contributed by atoms with Gasteiger partial charge in [0.2, 0.25) is 0 Å². The van der Waals surface area contributed by atoms with E-state index in [0.717, 1.165) is 16.9 Å². The first-order chi connectivity index (χ1) is 8.70. The fourth-order valence-electron chi connectivity index (χ4n) is 1.93. The summed E-state index contributed by atoms with van der Waals surface area (Å²) in [5, 5.41) is 8.75. The number of hydrogen-bond acceptors (Lipinski definition) is 2. The van der Waals surface area contributed by atoms with Crippen molar-refractivity contribution in [3.63, 3.8) is 0 Å². The van der Waals surface area contributed by atoms with Gasteiger partial charge in [-0.3, -0.25) is 4.79 Å². The molecule has 3 heteroatoms. The molecule has 0 heterocycles. The number of hydrogen-bond donors (Lipinski definition) is 1. The predicted molar refractivity (Wildman–Crippen MR) is 76.9 cm³/mol. The van der Waals surface area contributed by atoms with Crippen LogP contribution in [-0.4, -0.2) is 17.2 Å². The van der Waals surface area contributed by atoms with Crippen molar-refractivity contribution in [3.05, 3.63) is 29.3 Å². The summed E-state index contributed by atoms with van der Waals surface area (Å²) in [7, 11) is 0. The molecule has 0 aliphatic heterocycles. The third-order valence-electron chi connectivity index (χ3n) is 2.84. The van der Waals surface area contributed by atoms with Crippen LogP contribution in [0.2, 0.25) is 0 Å². The van der Waals surface area contributed by atoms with E-state index in [-0.39, 0.29) is 17.9 Å². The Labute approximate surface area is 115 Å². The highest BCUT2D eigenvalue weighted by Gasteiger charge is 2.20. The zero-order valence-corrected chi connectivity index (χ0v) is 12.5. The summed E-state index contributed by atoms with van der Waals surface area (Å²) >= 11 is 0. The maximum absolute atomic E-state index is 10.6. The lowest BCUT2D eigenvalue weighted by Gasteiger charge is -2.25. The molecule has 3 nitrogen and oxygen atoms in total. The van der Waals surface area contributed by atoms with Gasteiger partial charge in [-0.2, -0.15) is 0 Å². The molecule has 0 aliphatic rings. The first kappa shape index (κ1) is 15.5. The highest BCUT2D eigenvalue weighted by atomic mass is 16.5. The fraction of sp³-hybridized carbons (Fsp3) is 0.562. The molecule has 1 aromatic carbocycles. The summed E-state index contributed by atoms with van der Waals surface area (Å²) in [6.07, 6.45) is 0.847. The Morgan fingerprint density at radius 1 is 1.32 bits per heavy atom. The normalized spacial score (nSPS) is 11.7. The third kappa shape index (κ3) is 4.93. The average molecular weight is 264 g/mol. The van der Waals surface area contributed by atoms with Crippen LogP contribution in [0, 0.1) is 0 Å². The molecule has 0 saturated carbocycles. The van der Waals surface area contributed by atoms with Gasteiger partial charge in [-0.1, -0.05) is 32.9 Å². The van der Waals surface area contributed by atoms with E-state index in [0.29, 0.717) is 6.42 Å². The predicted octanol–water partition coefficient (Wildman–Crippen LogP) is 3.79. The van der Waals surface area contributed by atoms with Gasteiger partial charge in [-0.15, -0.1) is 0 Å². The molecule has 0 unspecified atom stereocenters. The van der Waals surface area contributed by atoms with Crippen LogP contribution in [0.4, 0.5) is 0 Å². The monoisotopic (exact) mass is 264 g/mol. The molecule has 1 N–H and O–H groups in total. The van der Waals surface area contributed by atoms with Crippen LogP contribution in [0.25, 0.3) is 0 Å². The molecule has 0 bridgehead atoms. The Bertz CT molecular complexity index is 442. The van der Waals surface area contributed by atoms with E-state index < -0.39 is 5.97 Å². The summed E-state index contributed by atoms with van der Waals surface area (Å²) in [5.74, 6) is 0.126. The largest absolute Gasteiger partial charge is 0.491 e. The van der Waals surface area contributed by atoms with Crippen molar-refractivity contribution in [1.82, 2.24) is 0 Å². The van der Waals surface area contributed by atoms with Gasteiger partial charge in [-0.05, 0) is 42.9 Å². The number of carboxylic acids is 1. The van der Waals surface area contributed by atoms with Crippen LogP contribution in [-0.2, 0) is 16.6 Å². The topological polar surface area (TPSA) is 46.5 Å². The zero-order valence-electron chi connectivity index (χ0n) is 12.5. The molecular formula is C16H24O3. The average Bonchev–Trinajstić information content (AvgIpc) is 2.25. The number of aryl methyl sites for hydroxylation is 1.